The molecule has 1 unspecified atom stereocenters. The van der Waals surface area contributed by atoms with E-state index in [2.05, 4.69) is 52.4 Å². The van der Waals surface area contributed by atoms with Crippen molar-refractivity contribution in [2.24, 2.45) is 5.73 Å². The van der Waals surface area contributed by atoms with Gasteiger partial charge in [0.15, 0.2) is 0 Å². The summed E-state index contributed by atoms with van der Waals surface area (Å²) < 4.78 is 1.13. The summed E-state index contributed by atoms with van der Waals surface area (Å²) in [6.07, 6.45) is 2.21. The molecule has 0 bridgehead atoms. The predicted octanol–water partition coefficient (Wildman–Crippen LogP) is 2.32. The van der Waals surface area contributed by atoms with Gasteiger partial charge in [-0.05, 0) is 30.5 Å². The van der Waals surface area contributed by atoms with Crippen molar-refractivity contribution in [1.29, 1.82) is 0 Å². The van der Waals surface area contributed by atoms with Gasteiger partial charge < -0.3 is 11.1 Å². The van der Waals surface area contributed by atoms with Crippen LogP contribution in [-0.2, 0) is 6.42 Å². The Balaban J connectivity index is 2.47. The Bertz CT molecular complexity index is 271. The monoisotopic (exact) mass is 270 g/mol. The van der Waals surface area contributed by atoms with E-state index in [4.69, 9.17) is 5.73 Å². The van der Waals surface area contributed by atoms with Crippen LogP contribution >= 0.6 is 15.9 Å². The molecule has 0 saturated heterocycles. The van der Waals surface area contributed by atoms with Gasteiger partial charge >= 0.3 is 0 Å². The molecule has 84 valence electrons. The Kier molecular flexibility index (Phi) is 5.91. The van der Waals surface area contributed by atoms with Crippen LogP contribution in [0.15, 0.2) is 28.7 Å². The van der Waals surface area contributed by atoms with Crippen LogP contribution in [0.2, 0.25) is 0 Å². The smallest absolute Gasteiger partial charge is 0.0175 e. The van der Waals surface area contributed by atoms with Crippen LogP contribution in [0.1, 0.15) is 18.9 Å². The largest absolute Gasteiger partial charge is 0.329 e. The minimum Gasteiger partial charge on any atom is -0.329 e. The normalized spacial score (nSPS) is 12.7. The summed E-state index contributed by atoms with van der Waals surface area (Å²) in [5.41, 5.74) is 6.85. The fourth-order valence-electron chi connectivity index (χ4n) is 1.55. The second-order valence-corrected chi connectivity index (χ2v) is 4.59. The summed E-state index contributed by atoms with van der Waals surface area (Å²) in [6.45, 7) is 3.80. The molecule has 3 N–H and O–H groups in total. The number of rotatable bonds is 6. The predicted molar refractivity (Wildman–Crippen MR) is 69.0 cm³/mol. The lowest BCUT2D eigenvalue weighted by Crippen LogP contribution is -2.34. The molecule has 0 fully saturated rings. The summed E-state index contributed by atoms with van der Waals surface area (Å²) >= 11 is 3.44. The minimum atomic E-state index is 0.537. The molecule has 0 aliphatic rings. The van der Waals surface area contributed by atoms with Crippen molar-refractivity contribution in [1.82, 2.24) is 5.32 Å². The van der Waals surface area contributed by atoms with E-state index in [-0.39, 0.29) is 0 Å². The van der Waals surface area contributed by atoms with Crippen molar-refractivity contribution >= 4 is 15.9 Å². The zero-order chi connectivity index (χ0) is 11.1. The Hall–Kier alpha value is -0.380. The fourth-order valence-corrected chi connectivity index (χ4v) is 1.82. The number of hydrogen-bond donors (Lipinski definition) is 2. The highest BCUT2D eigenvalue weighted by molar-refractivity contribution is 9.10. The van der Waals surface area contributed by atoms with Gasteiger partial charge in [-0.3, -0.25) is 0 Å². The first kappa shape index (κ1) is 12.7. The summed E-state index contributed by atoms with van der Waals surface area (Å²) in [7, 11) is 0. The summed E-state index contributed by atoms with van der Waals surface area (Å²) in [6, 6.07) is 9.04. The second-order valence-electron chi connectivity index (χ2n) is 3.68. The average molecular weight is 271 g/mol. The zero-order valence-corrected chi connectivity index (χ0v) is 10.8. The van der Waals surface area contributed by atoms with E-state index in [1.807, 2.05) is 0 Å². The summed E-state index contributed by atoms with van der Waals surface area (Å²) in [5, 5.41) is 3.45. The van der Waals surface area contributed by atoms with Crippen LogP contribution in [-0.4, -0.2) is 19.1 Å². The second kappa shape index (κ2) is 6.99. The molecule has 1 rings (SSSR count). The maximum Gasteiger partial charge on any atom is 0.0175 e. The minimum absolute atomic E-state index is 0.537. The van der Waals surface area contributed by atoms with E-state index >= 15 is 0 Å². The highest BCUT2D eigenvalue weighted by Crippen LogP contribution is 2.12. The lowest BCUT2D eigenvalue weighted by Gasteiger charge is -2.16. The molecule has 0 spiro atoms. The molecule has 0 aliphatic carbocycles. The van der Waals surface area contributed by atoms with Gasteiger partial charge in [-0.15, -0.1) is 0 Å². The van der Waals surface area contributed by atoms with Crippen LogP contribution in [0, 0.1) is 0 Å². The van der Waals surface area contributed by atoms with Gasteiger partial charge in [-0.2, -0.15) is 0 Å². The van der Waals surface area contributed by atoms with Crippen LogP contribution in [0.25, 0.3) is 0 Å². The molecule has 15 heavy (non-hydrogen) atoms. The van der Waals surface area contributed by atoms with E-state index in [9.17, 15) is 0 Å². The first-order valence-corrected chi connectivity index (χ1v) is 6.23. The molecular formula is C12H19BrN2. The molecule has 1 atom stereocenters. The standard InChI is InChI=1S/C12H19BrN2/c1-2-12(15-8-7-14)9-10-3-5-11(13)6-4-10/h3-6,12,15H,2,7-9,14H2,1H3. The number of nitrogens with two attached hydrogens (primary N) is 1. The Labute approximate surface area is 100 Å². The molecule has 0 aliphatic heterocycles. The molecular weight excluding hydrogens is 252 g/mol. The number of benzene rings is 1. The third kappa shape index (κ3) is 4.78. The van der Waals surface area contributed by atoms with Gasteiger partial charge in [0.2, 0.25) is 0 Å². The Morgan fingerprint density at radius 3 is 2.53 bits per heavy atom. The molecule has 1 aromatic carbocycles. The van der Waals surface area contributed by atoms with E-state index in [0.29, 0.717) is 12.6 Å². The van der Waals surface area contributed by atoms with Crippen LogP contribution in [0.4, 0.5) is 0 Å². The molecule has 0 heterocycles. The lowest BCUT2D eigenvalue weighted by molar-refractivity contribution is 0.501. The Morgan fingerprint density at radius 1 is 1.33 bits per heavy atom. The van der Waals surface area contributed by atoms with Crippen LogP contribution in [0.5, 0.6) is 0 Å². The topological polar surface area (TPSA) is 38.0 Å². The third-order valence-corrected chi connectivity index (χ3v) is 2.99. The van der Waals surface area contributed by atoms with Crippen molar-refractivity contribution in [3.63, 3.8) is 0 Å². The SMILES string of the molecule is CCC(Cc1ccc(Br)cc1)NCCN. The summed E-state index contributed by atoms with van der Waals surface area (Å²) in [5.74, 6) is 0. The maximum atomic E-state index is 5.48. The van der Waals surface area contributed by atoms with E-state index in [0.717, 1.165) is 23.9 Å². The zero-order valence-electron chi connectivity index (χ0n) is 9.17. The van der Waals surface area contributed by atoms with E-state index in [1.54, 1.807) is 0 Å². The highest BCUT2D eigenvalue weighted by Gasteiger charge is 2.05. The van der Waals surface area contributed by atoms with Gasteiger partial charge in [0.25, 0.3) is 0 Å². The van der Waals surface area contributed by atoms with E-state index < -0.39 is 0 Å². The first-order valence-electron chi connectivity index (χ1n) is 5.44. The first-order chi connectivity index (χ1) is 7.26. The summed E-state index contributed by atoms with van der Waals surface area (Å²) in [4.78, 5) is 0. The molecule has 0 radical (unpaired) electrons. The molecule has 3 heteroatoms. The number of nitrogens with one attached hydrogen (secondary N) is 1. The third-order valence-electron chi connectivity index (χ3n) is 2.47. The van der Waals surface area contributed by atoms with Crippen molar-refractivity contribution in [3.8, 4) is 0 Å². The van der Waals surface area contributed by atoms with Crippen molar-refractivity contribution < 1.29 is 0 Å². The fraction of sp³-hybridized carbons (Fsp3) is 0.500. The van der Waals surface area contributed by atoms with Crippen LogP contribution < -0.4 is 11.1 Å². The van der Waals surface area contributed by atoms with Gasteiger partial charge in [-0.25, -0.2) is 0 Å². The molecule has 1 aromatic rings. The van der Waals surface area contributed by atoms with Crippen LogP contribution in [0.3, 0.4) is 0 Å². The van der Waals surface area contributed by atoms with E-state index in [1.165, 1.54) is 5.56 Å². The maximum absolute atomic E-state index is 5.48. The quantitative estimate of drug-likeness (QED) is 0.833. The number of hydrogen-bond acceptors (Lipinski definition) is 2. The van der Waals surface area contributed by atoms with Gasteiger partial charge in [-0.1, -0.05) is 35.0 Å². The molecule has 0 saturated carbocycles. The Morgan fingerprint density at radius 2 is 2.00 bits per heavy atom. The van der Waals surface area contributed by atoms with Crippen molar-refractivity contribution in [2.75, 3.05) is 13.1 Å². The van der Waals surface area contributed by atoms with Gasteiger partial charge in [0.1, 0.15) is 0 Å². The van der Waals surface area contributed by atoms with Gasteiger partial charge in [0.05, 0.1) is 0 Å². The van der Waals surface area contributed by atoms with Crippen molar-refractivity contribution in [3.05, 3.63) is 34.3 Å². The highest BCUT2D eigenvalue weighted by atomic mass is 79.9. The van der Waals surface area contributed by atoms with Crippen molar-refractivity contribution in [2.45, 2.75) is 25.8 Å². The molecule has 0 aromatic heterocycles. The molecule has 2 nitrogen and oxygen atoms in total. The number of halogens is 1. The lowest BCUT2D eigenvalue weighted by atomic mass is 10.0. The average Bonchev–Trinajstić information content (AvgIpc) is 2.27. The molecule has 0 amide bonds. The van der Waals surface area contributed by atoms with Gasteiger partial charge in [0, 0.05) is 23.6 Å².